The molecule has 18 heavy (non-hydrogen) atoms. The number of aromatic carboxylic acids is 1. The molecule has 0 atom stereocenters. The van der Waals surface area contributed by atoms with Crippen LogP contribution in [-0.4, -0.2) is 23.0 Å². The molecule has 1 heterocycles. The number of carboxylic acids is 1. The van der Waals surface area contributed by atoms with Crippen LogP contribution in [0.4, 0.5) is 0 Å². The number of thiophene rings is 1. The van der Waals surface area contributed by atoms with Gasteiger partial charge in [-0.05, 0) is 25.0 Å². The van der Waals surface area contributed by atoms with E-state index in [1.807, 2.05) is 0 Å². The van der Waals surface area contributed by atoms with Crippen LogP contribution >= 0.6 is 11.3 Å². The maximum absolute atomic E-state index is 12.0. The molecule has 0 unspecified atom stereocenters. The predicted octanol–water partition coefficient (Wildman–Crippen LogP) is 2.90. The summed E-state index contributed by atoms with van der Waals surface area (Å²) in [4.78, 5) is 23.4. The van der Waals surface area contributed by atoms with Crippen LogP contribution < -0.4 is 5.32 Å². The molecule has 2 N–H and O–H groups in total. The van der Waals surface area contributed by atoms with Gasteiger partial charge in [-0.15, -0.1) is 11.3 Å². The Bertz CT molecular complexity index is 433. The fourth-order valence-corrected chi connectivity index (χ4v) is 3.00. The molecule has 1 aliphatic carbocycles. The van der Waals surface area contributed by atoms with E-state index in [2.05, 4.69) is 5.32 Å². The summed E-state index contributed by atoms with van der Waals surface area (Å²) in [5.74, 6) is -1.12. The van der Waals surface area contributed by atoms with E-state index in [0.717, 1.165) is 37.0 Å². The van der Waals surface area contributed by atoms with E-state index in [-0.39, 0.29) is 16.8 Å². The van der Waals surface area contributed by atoms with Crippen LogP contribution in [-0.2, 0) is 0 Å². The van der Waals surface area contributed by atoms with E-state index < -0.39 is 5.97 Å². The minimum atomic E-state index is -0.978. The van der Waals surface area contributed by atoms with Crippen LogP contribution in [0.3, 0.4) is 0 Å². The molecule has 0 saturated heterocycles. The number of carboxylic acid groups (broad SMARTS) is 1. The van der Waals surface area contributed by atoms with Crippen molar-refractivity contribution in [2.75, 3.05) is 0 Å². The molecule has 0 aromatic carbocycles. The Hall–Kier alpha value is -1.36. The van der Waals surface area contributed by atoms with Crippen molar-refractivity contribution in [1.29, 1.82) is 0 Å². The standard InChI is InChI=1S/C13H17NO3S/c15-12(10-7-8-11(18-10)13(16)17)14-9-5-3-1-2-4-6-9/h7-9H,1-6H2,(H,14,15)(H,16,17). The minimum absolute atomic E-state index is 0.139. The Labute approximate surface area is 110 Å². The summed E-state index contributed by atoms with van der Waals surface area (Å²) < 4.78 is 0. The monoisotopic (exact) mass is 267 g/mol. The molecule has 1 aromatic rings. The summed E-state index contributed by atoms with van der Waals surface area (Å²) >= 11 is 1.03. The Morgan fingerprint density at radius 3 is 2.28 bits per heavy atom. The fraction of sp³-hybridized carbons (Fsp3) is 0.538. The van der Waals surface area contributed by atoms with Gasteiger partial charge in [-0.3, -0.25) is 4.79 Å². The van der Waals surface area contributed by atoms with Gasteiger partial charge in [0.15, 0.2) is 0 Å². The minimum Gasteiger partial charge on any atom is -0.477 e. The molecule has 0 bridgehead atoms. The predicted molar refractivity (Wildman–Crippen MR) is 70.2 cm³/mol. The van der Waals surface area contributed by atoms with Gasteiger partial charge in [0.2, 0.25) is 0 Å². The smallest absolute Gasteiger partial charge is 0.345 e. The molecule has 0 spiro atoms. The van der Waals surface area contributed by atoms with Crippen molar-refractivity contribution in [2.45, 2.75) is 44.6 Å². The molecule has 0 radical (unpaired) electrons. The molecule has 2 rings (SSSR count). The highest BCUT2D eigenvalue weighted by molar-refractivity contribution is 7.15. The lowest BCUT2D eigenvalue weighted by Gasteiger charge is -2.15. The van der Waals surface area contributed by atoms with E-state index in [1.54, 1.807) is 6.07 Å². The maximum atomic E-state index is 12.0. The fourth-order valence-electron chi connectivity index (χ4n) is 2.26. The van der Waals surface area contributed by atoms with Crippen LogP contribution in [0.2, 0.25) is 0 Å². The Balaban J connectivity index is 1.95. The van der Waals surface area contributed by atoms with Gasteiger partial charge >= 0.3 is 5.97 Å². The second-order valence-corrected chi connectivity index (χ2v) is 5.71. The van der Waals surface area contributed by atoms with Crippen LogP contribution in [0.1, 0.15) is 57.9 Å². The molecule has 98 valence electrons. The number of hydrogen-bond donors (Lipinski definition) is 2. The Morgan fingerprint density at radius 2 is 1.72 bits per heavy atom. The first-order valence-corrected chi connectivity index (χ1v) is 7.12. The van der Waals surface area contributed by atoms with E-state index in [9.17, 15) is 9.59 Å². The van der Waals surface area contributed by atoms with E-state index in [1.165, 1.54) is 18.9 Å². The van der Waals surface area contributed by atoms with Crippen molar-refractivity contribution >= 4 is 23.2 Å². The summed E-state index contributed by atoms with van der Waals surface area (Å²) in [6.45, 7) is 0. The van der Waals surface area contributed by atoms with Crippen molar-refractivity contribution in [2.24, 2.45) is 0 Å². The number of rotatable bonds is 3. The largest absolute Gasteiger partial charge is 0.477 e. The summed E-state index contributed by atoms with van der Waals surface area (Å²) in [5.41, 5.74) is 0. The van der Waals surface area contributed by atoms with Gasteiger partial charge in [-0.25, -0.2) is 4.79 Å². The SMILES string of the molecule is O=C(O)c1ccc(C(=O)NC2CCCCCC2)s1. The van der Waals surface area contributed by atoms with E-state index in [4.69, 9.17) is 5.11 Å². The van der Waals surface area contributed by atoms with Crippen molar-refractivity contribution < 1.29 is 14.7 Å². The molecule has 1 fully saturated rings. The van der Waals surface area contributed by atoms with Gasteiger partial charge in [-0.1, -0.05) is 25.7 Å². The van der Waals surface area contributed by atoms with Crippen LogP contribution in [0, 0.1) is 0 Å². The summed E-state index contributed by atoms with van der Waals surface area (Å²) in [7, 11) is 0. The first kappa shape index (κ1) is 13.1. The maximum Gasteiger partial charge on any atom is 0.345 e. The zero-order valence-corrected chi connectivity index (χ0v) is 11.0. The molecule has 1 aliphatic rings. The van der Waals surface area contributed by atoms with Gasteiger partial charge in [0.25, 0.3) is 5.91 Å². The van der Waals surface area contributed by atoms with E-state index in [0.29, 0.717) is 4.88 Å². The van der Waals surface area contributed by atoms with Gasteiger partial charge in [-0.2, -0.15) is 0 Å². The zero-order chi connectivity index (χ0) is 13.0. The van der Waals surface area contributed by atoms with Crippen LogP contribution in [0.5, 0.6) is 0 Å². The highest BCUT2D eigenvalue weighted by atomic mass is 32.1. The lowest BCUT2D eigenvalue weighted by molar-refractivity contribution is 0.0702. The normalized spacial score (nSPS) is 17.1. The molecule has 1 saturated carbocycles. The Kier molecular flexibility index (Phi) is 4.36. The lowest BCUT2D eigenvalue weighted by atomic mass is 10.1. The second kappa shape index (κ2) is 6.00. The highest BCUT2D eigenvalue weighted by Gasteiger charge is 2.18. The highest BCUT2D eigenvalue weighted by Crippen LogP contribution is 2.20. The van der Waals surface area contributed by atoms with Crippen molar-refractivity contribution in [3.63, 3.8) is 0 Å². The summed E-state index contributed by atoms with van der Waals surface area (Å²) in [6, 6.07) is 3.31. The molecule has 5 heteroatoms. The van der Waals surface area contributed by atoms with Crippen molar-refractivity contribution in [3.8, 4) is 0 Å². The number of amides is 1. The van der Waals surface area contributed by atoms with Crippen LogP contribution in [0.15, 0.2) is 12.1 Å². The first-order valence-electron chi connectivity index (χ1n) is 6.31. The van der Waals surface area contributed by atoms with Gasteiger partial charge in [0.05, 0.1) is 4.88 Å². The molecular formula is C13H17NO3S. The molecular weight excluding hydrogens is 250 g/mol. The number of nitrogens with one attached hydrogen (secondary N) is 1. The first-order chi connectivity index (χ1) is 8.66. The average molecular weight is 267 g/mol. The molecule has 1 amide bonds. The van der Waals surface area contributed by atoms with E-state index >= 15 is 0 Å². The lowest BCUT2D eigenvalue weighted by Crippen LogP contribution is -2.33. The molecule has 1 aromatic heterocycles. The van der Waals surface area contributed by atoms with Gasteiger partial charge in [0, 0.05) is 6.04 Å². The third kappa shape index (κ3) is 3.32. The third-order valence-electron chi connectivity index (χ3n) is 3.23. The molecule has 4 nitrogen and oxygen atoms in total. The third-order valence-corrected chi connectivity index (χ3v) is 4.30. The van der Waals surface area contributed by atoms with Gasteiger partial charge < -0.3 is 10.4 Å². The average Bonchev–Trinajstić information content (AvgIpc) is 2.70. The number of hydrogen-bond acceptors (Lipinski definition) is 3. The van der Waals surface area contributed by atoms with Crippen LogP contribution in [0.25, 0.3) is 0 Å². The quantitative estimate of drug-likeness (QED) is 0.827. The van der Waals surface area contributed by atoms with Crippen molar-refractivity contribution in [1.82, 2.24) is 5.32 Å². The number of carbonyl (C=O) groups excluding carboxylic acids is 1. The van der Waals surface area contributed by atoms with Gasteiger partial charge in [0.1, 0.15) is 4.88 Å². The molecule has 0 aliphatic heterocycles. The summed E-state index contributed by atoms with van der Waals surface area (Å²) in [5, 5.41) is 11.8. The second-order valence-electron chi connectivity index (χ2n) is 4.63. The topological polar surface area (TPSA) is 66.4 Å². The zero-order valence-electron chi connectivity index (χ0n) is 10.1. The number of carbonyl (C=O) groups is 2. The van der Waals surface area contributed by atoms with Crippen molar-refractivity contribution in [3.05, 3.63) is 21.9 Å². The summed E-state index contributed by atoms with van der Waals surface area (Å²) in [6.07, 6.45) is 6.88. The Morgan fingerprint density at radius 1 is 1.11 bits per heavy atom.